The number of hydrogen-bond donors (Lipinski definition) is 2. The number of anilines is 2. The number of nitrogens with zero attached hydrogens (tertiary/aromatic N) is 5. The molecule has 1 aromatic carbocycles. The summed E-state index contributed by atoms with van der Waals surface area (Å²) in [5.41, 5.74) is 3.76. The van der Waals surface area contributed by atoms with Crippen molar-refractivity contribution in [3.05, 3.63) is 83.8 Å². The molecule has 1 aliphatic rings. The molecule has 9 nitrogen and oxygen atoms in total. The van der Waals surface area contributed by atoms with Gasteiger partial charge < -0.3 is 16.0 Å². The van der Waals surface area contributed by atoms with Crippen LogP contribution in [0.3, 0.4) is 0 Å². The van der Waals surface area contributed by atoms with Crippen molar-refractivity contribution in [3.8, 4) is 11.4 Å². The number of halogens is 6. The Morgan fingerprint density at radius 3 is 2.47 bits per heavy atom. The van der Waals surface area contributed by atoms with E-state index in [1.165, 1.54) is 22.7 Å². The van der Waals surface area contributed by atoms with Gasteiger partial charge in [-0.3, -0.25) is 14.0 Å². The Morgan fingerprint density at radius 2 is 1.77 bits per heavy atom. The van der Waals surface area contributed by atoms with Crippen molar-refractivity contribution in [2.45, 2.75) is 31.1 Å². The van der Waals surface area contributed by atoms with E-state index < -0.39 is 40.8 Å². The Labute approximate surface area is 240 Å². The van der Waals surface area contributed by atoms with E-state index in [-0.39, 0.29) is 29.2 Å². The molecule has 1 fully saturated rings. The molecular formula is C28H23F6N7O2. The lowest BCUT2D eigenvalue weighted by Gasteiger charge is -2.31. The summed E-state index contributed by atoms with van der Waals surface area (Å²) in [4.78, 5) is 39.0. The van der Waals surface area contributed by atoms with E-state index in [9.17, 15) is 35.9 Å². The van der Waals surface area contributed by atoms with Crippen LogP contribution in [0.2, 0.25) is 0 Å². The van der Waals surface area contributed by atoms with Crippen LogP contribution >= 0.6 is 0 Å². The van der Waals surface area contributed by atoms with Gasteiger partial charge >= 0.3 is 12.4 Å². The van der Waals surface area contributed by atoms with E-state index in [1.807, 2.05) is 5.32 Å². The van der Waals surface area contributed by atoms with Gasteiger partial charge in [0.25, 0.3) is 5.91 Å². The molecule has 224 valence electrons. The Morgan fingerprint density at radius 1 is 1.02 bits per heavy atom. The number of nitrogens with two attached hydrogens (primary N) is 1. The van der Waals surface area contributed by atoms with E-state index in [4.69, 9.17) is 5.73 Å². The van der Waals surface area contributed by atoms with E-state index >= 15 is 0 Å². The lowest BCUT2D eigenvalue weighted by atomic mass is 9.94. The maximum Gasteiger partial charge on any atom is 0.417 e. The topological polar surface area (TPSA) is 119 Å². The Hall–Kier alpha value is -4.95. The first kappa shape index (κ1) is 29.5. The van der Waals surface area contributed by atoms with Gasteiger partial charge in [-0.05, 0) is 49.2 Å². The zero-order chi connectivity index (χ0) is 31.1. The van der Waals surface area contributed by atoms with Gasteiger partial charge in [0.15, 0.2) is 0 Å². The van der Waals surface area contributed by atoms with Crippen molar-refractivity contribution < 1.29 is 35.9 Å². The minimum absolute atomic E-state index is 0.0276. The number of hydrogen-bond acceptors (Lipinski definition) is 6. The maximum atomic E-state index is 14.3. The quantitative estimate of drug-likeness (QED) is 0.228. The number of imidazole rings is 1. The molecule has 5 rings (SSSR count). The van der Waals surface area contributed by atoms with Gasteiger partial charge in [-0.2, -0.15) is 26.3 Å². The lowest BCUT2D eigenvalue weighted by Crippen LogP contribution is -2.38. The number of rotatable bonds is 5. The van der Waals surface area contributed by atoms with Crippen molar-refractivity contribution in [1.82, 2.24) is 24.3 Å². The largest absolute Gasteiger partial charge is 0.417 e. The van der Waals surface area contributed by atoms with E-state index in [1.54, 1.807) is 11.0 Å². The molecule has 1 aliphatic heterocycles. The van der Waals surface area contributed by atoms with Crippen LogP contribution in [0.4, 0.5) is 38.1 Å². The molecule has 0 radical (unpaired) electrons. The Bertz CT molecular complexity index is 1730. The number of pyridine rings is 1. The van der Waals surface area contributed by atoms with Gasteiger partial charge in [0, 0.05) is 37.0 Å². The highest BCUT2D eigenvalue weighted by molar-refractivity contribution is 6.05. The molecule has 1 saturated heterocycles. The maximum absolute atomic E-state index is 14.3. The number of fused-ring (bicyclic) bond motifs is 1. The van der Waals surface area contributed by atoms with Crippen LogP contribution in [0, 0.1) is 0 Å². The molecule has 0 spiro atoms. The third-order valence-corrected chi connectivity index (χ3v) is 7.06. The fraction of sp³-hybridized carbons (Fsp3) is 0.250. The molecule has 43 heavy (non-hydrogen) atoms. The summed E-state index contributed by atoms with van der Waals surface area (Å²) in [7, 11) is 0. The SMILES string of the molecule is C=CC(=O)N1CCCC(c2nc(-c3ccc(C(=O)Nc4cc(C(F)(F)F)ccn4)c(C(F)(F)F)c3)n3c(N)nccc23)C1. The summed E-state index contributed by atoms with van der Waals surface area (Å²) in [6.07, 6.45) is -5.02. The van der Waals surface area contributed by atoms with Gasteiger partial charge in [-0.1, -0.05) is 12.6 Å². The van der Waals surface area contributed by atoms with Gasteiger partial charge in [-0.15, -0.1) is 0 Å². The molecular weight excluding hydrogens is 580 g/mol. The van der Waals surface area contributed by atoms with Crippen LogP contribution in [0.5, 0.6) is 0 Å². The fourth-order valence-corrected chi connectivity index (χ4v) is 5.08. The predicted octanol–water partition coefficient (Wildman–Crippen LogP) is 5.56. The van der Waals surface area contributed by atoms with Gasteiger partial charge in [0.05, 0.1) is 27.9 Å². The number of carbonyl (C=O) groups is 2. The molecule has 4 heterocycles. The average molecular weight is 604 g/mol. The van der Waals surface area contributed by atoms with E-state index in [0.29, 0.717) is 55.3 Å². The van der Waals surface area contributed by atoms with Crippen LogP contribution in [-0.4, -0.2) is 49.2 Å². The Kier molecular flexibility index (Phi) is 7.58. The first-order chi connectivity index (χ1) is 20.3. The molecule has 3 N–H and O–H groups in total. The molecule has 1 atom stereocenters. The molecule has 0 saturated carbocycles. The molecule has 3 aromatic heterocycles. The summed E-state index contributed by atoms with van der Waals surface area (Å²) in [5, 5.41) is 2.01. The van der Waals surface area contributed by atoms with Crippen LogP contribution in [0.25, 0.3) is 16.9 Å². The molecule has 15 heteroatoms. The first-order valence-electron chi connectivity index (χ1n) is 12.9. The number of piperidine rings is 1. The number of carbonyl (C=O) groups excluding carboxylic acids is 2. The predicted molar refractivity (Wildman–Crippen MR) is 144 cm³/mol. The van der Waals surface area contributed by atoms with Crippen LogP contribution in [0.15, 0.2) is 61.4 Å². The molecule has 1 unspecified atom stereocenters. The third kappa shape index (κ3) is 5.87. The van der Waals surface area contributed by atoms with Gasteiger partial charge in [0.1, 0.15) is 11.6 Å². The highest BCUT2D eigenvalue weighted by Gasteiger charge is 2.37. The summed E-state index contributed by atoms with van der Waals surface area (Å²) in [5.74, 6) is -2.41. The normalized spacial score (nSPS) is 15.9. The number of likely N-dealkylation sites (tertiary alicyclic amines) is 1. The number of amides is 2. The highest BCUT2D eigenvalue weighted by atomic mass is 19.4. The summed E-state index contributed by atoms with van der Waals surface area (Å²) < 4.78 is 83.3. The minimum atomic E-state index is -5.03. The van der Waals surface area contributed by atoms with Crippen molar-refractivity contribution >= 4 is 29.1 Å². The zero-order valence-corrected chi connectivity index (χ0v) is 22.2. The van der Waals surface area contributed by atoms with Crippen LogP contribution < -0.4 is 11.1 Å². The summed E-state index contributed by atoms with van der Waals surface area (Å²) in [6, 6.07) is 5.64. The highest BCUT2D eigenvalue weighted by Crippen LogP contribution is 2.38. The van der Waals surface area contributed by atoms with E-state index in [2.05, 4.69) is 21.5 Å². The molecule has 0 bridgehead atoms. The van der Waals surface area contributed by atoms with Gasteiger partial charge in [0.2, 0.25) is 11.9 Å². The van der Waals surface area contributed by atoms with Crippen molar-refractivity contribution in [3.63, 3.8) is 0 Å². The minimum Gasteiger partial charge on any atom is -0.369 e. The van der Waals surface area contributed by atoms with E-state index in [0.717, 1.165) is 12.3 Å². The lowest BCUT2D eigenvalue weighted by molar-refractivity contribution is -0.138. The first-order valence-corrected chi connectivity index (χ1v) is 12.9. The third-order valence-electron chi connectivity index (χ3n) is 7.06. The van der Waals surface area contributed by atoms with Crippen molar-refractivity contribution in [2.75, 3.05) is 24.1 Å². The smallest absolute Gasteiger partial charge is 0.369 e. The monoisotopic (exact) mass is 603 g/mol. The number of nitrogens with one attached hydrogen (secondary N) is 1. The summed E-state index contributed by atoms with van der Waals surface area (Å²) >= 11 is 0. The standard InChI is InChI=1S/C28H23F6N7O2/c1-2-22(42)40-11-3-4-16(14-40)23-20-8-10-37-26(35)41(20)24(39-23)15-5-6-18(19(12-15)28(32,33)34)25(43)38-21-13-17(7-9-36-21)27(29,30)31/h2,5-10,12-13,16H,1,3-4,11,14H2,(H2,35,37)(H,36,38,43). The molecule has 0 aliphatic carbocycles. The second-order valence-corrected chi connectivity index (χ2v) is 9.81. The van der Waals surface area contributed by atoms with Crippen LogP contribution in [-0.2, 0) is 17.1 Å². The summed E-state index contributed by atoms with van der Waals surface area (Å²) in [6.45, 7) is 4.36. The number of nitrogen functional groups attached to an aromatic ring is 1. The number of aromatic nitrogens is 4. The van der Waals surface area contributed by atoms with Crippen molar-refractivity contribution in [2.24, 2.45) is 0 Å². The Balaban J connectivity index is 1.56. The van der Waals surface area contributed by atoms with Crippen molar-refractivity contribution in [1.29, 1.82) is 0 Å². The fourth-order valence-electron chi connectivity index (χ4n) is 5.08. The van der Waals surface area contributed by atoms with Crippen LogP contribution in [0.1, 0.15) is 45.9 Å². The molecule has 4 aromatic rings. The average Bonchev–Trinajstić information content (AvgIpc) is 3.37. The zero-order valence-electron chi connectivity index (χ0n) is 22.2. The number of benzene rings is 1. The molecule has 2 amide bonds. The number of alkyl halides is 6. The second kappa shape index (κ2) is 11.0. The second-order valence-electron chi connectivity index (χ2n) is 9.81. The van der Waals surface area contributed by atoms with Gasteiger partial charge in [-0.25, -0.2) is 15.0 Å².